The molecule has 1 aliphatic carbocycles. The van der Waals surface area contributed by atoms with E-state index in [-0.39, 0.29) is 58.4 Å². The monoisotopic (exact) mass is 693 g/mol. The van der Waals surface area contributed by atoms with Crippen LogP contribution in [0.3, 0.4) is 0 Å². The molecule has 0 aromatic heterocycles. The lowest BCUT2D eigenvalue weighted by molar-refractivity contribution is -0.198. The number of fused-ring (bicyclic) bond motifs is 2. The van der Waals surface area contributed by atoms with Gasteiger partial charge in [-0.05, 0) is 53.1 Å². The minimum atomic E-state index is -1.27. The fourth-order valence-corrected chi connectivity index (χ4v) is 7.16. The molecule has 13 nitrogen and oxygen atoms in total. The van der Waals surface area contributed by atoms with Gasteiger partial charge < -0.3 is 24.8 Å². The molecule has 2 unspecified atom stereocenters. The quantitative estimate of drug-likeness (QED) is 0.134. The SMILES string of the molecule is O=C(NCc1ccc(C2NC(C(=O)ON3C(=O)CCC3=O)CS2)cc1)c1ccc(-c2c3ccc(=O)cc-3oc3cc(O)ccc23)c(C(=O)O)c1. The lowest BCUT2D eigenvalue weighted by Crippen LogP contribution is -2.41. The van der Waals surface area contributed by atoms with E-state index in [4.69, 9.17) is 9.25 Å². The summed E-state index contributed by atoms with van der Waals surface area (Å²) in [5.41, 5.74) is 2.83. The number of nitrogens with one attached hydrogen (secondary N) is 2. The fraction of sp³-hybridized carbons (Fsp3) is 0.167. The summed E-state index contributed by atoms with van der Waals surface area (Å²) in [6.07, 6.45) is 0.0352. The van der Waals surface area contributed by atoms with E-state index < -0.39 is 35.7 Å². The first-order valence-corrected chi connectivity index (χ1v) is 16.5. The standard InChI is InChI=1S/C36H27N3O10S/c40-21-6-9-24-28(14-21)48-29-15-22(41)7-10-25(29)32(24)23-8-5-20(13-26(23)35(45)46)33(44)37-16-18-1-3-19(4-2-18)34-38-27(17-50-34)36(47)49-39-30(42)11-12-31(39)43/h1-10,13-15,27,34,38,40H,11-12,16-17H2,(H,37,44)(H,45,46). The highest BCUT2D eigenvalue weighted by Crippen LogP contribution is 2.42. The summed E-state index contributed by atoms with van der Waals surface area (Å²) < 4.78 is 5.87. The van der Waals surface area contributed by atoms with Gasteiger partial charge in [0.25, 0.3) is 17.7 Å². The topological polar surface area (TPSA) is 193 Å². The van der Waals surface area contributed by atoms with Crippen molar-refractivity contribution < 1.29 is 43.4 Å². The Balaban J connectivity index is 1.05. The van der Waals surface area contributed by atoms with Crippen LogP contribution >= 0.6 is 11.8 Å². The van der Waals surface area contributed by atoms with E-state index >= 15 is 0 Å². The van der Waals surface area contributed by atoms with Crippen LogP contribution in [0.1, 0.15) is 50.1 Å². The lowest BCUT2D eigenvalue weighted by Gasteiger charge is -2.17. The number of thioether (sulfide) groups is 1. The van der Waals surface area contributed by atoms with Crippen LogP contribution in [-0.4, -0.2) is 56.7 Å². The molecule has 3 heterocycles. The number of aromatic hydroxyl groups is 1. The molecule has 3 aromatic carbocycles. The number of hydrogen-bond donors (Lipinski definition) is 4. The molecule has 50 heavy (non-hydrogen) atoms. The number of phenolic OH excluding ortho intramolecular Hbond substituents is 1. The van der Waals surface area contributed by atoms with Crippen molar-refractivity contribution in [2.75, 3.05) is 5.75 Å². The molecule has 0 bridgehead atoms. The third-order valence-electron chi connectivity index (χ3n) is 8.45. The van der Waals surface area contributed by atoms with Crippen LogP contribution in [0.25, 0.3) is 33.4 Å². The Kier molecular flexibility index (Phi) is 8.55. The number of hydroxylamine groups is 2. The number of nitrogens with zero attached hydrogens (tertiary/aromatic N) is 1. The molecule has 2 fully saturated rings. The van der Waals surface area contributed by atoms with E-state index in [1.54, 1.807) is 12.1 Å². The first-order chi connectivity index (χ1) is 24.0. The van der Waals surface area contributed by atoms with Crippen LogP contribution in [-0.2, 0) is 25.8 Å². The van der Waals surface area contributed by atoms with Gasteiger partial charge in [-0.15, -0.1) is 16.8 Å². The van der Waals surface area contributed by atoms with Crippen molar-refractivity contribution in [3.05, 3.63) is 111 Å². The van der Waals surface area contributed by atoms with E-state index in [2.05, 4.69) is 10.6 Å². The van der Waals surface area contributed by atoms with Crippen molar-refractivity contribution in [2.24, 2.45) is 0 Å². The second-order valence-electron chi connectivity index (χ2n) is 11.7. The maximum atomic E-state index is 13.2. The van der Waals surface area contributed by atoms with Gasteiger partial charge in [-0.3, -0.25) is 24.5 Å². The average Bonchev–Trinajstić information content (AvgIpc) is 3.72. The van der Waals surface area contributed by atoms with Crippen molar-refractivity contribution in [1.29, 1.82) is 0 Å². The molecule has 14 heteroatoms. The van der Waals surface area contributed by atoms with Crippen LogP contribution in [0.15, 0.2) is 88.1 Å². The number of carbonyl (C=O) groups is 5. The van der Waals surface area contributed by atoms with Crippen LogP contribution in [0.5, 0.6) is 5.75 Å². The predicted octanol–water partition coefficient (Wildman–Crippen LogP) is 4.21. The second-order valence-corrected chi connectivity index (χ2v) is 12.9. The summed E-state index contributed by atoms with van der Waals surface area (Å²) in [5, 5.41) is 27.0. The molecule has 0 saturated carbocycles. The summed E-state index contributed by atoms with van der Waals surface area (Å²) in [4.78, 5) is 78.9. The number of aromatic carboxylic acids is 1. The van der Waals surface area contributed by atoms with Gasteiger partial charge in [-0.1, -0.05) is 30.3 Å². The smallest absolute Gasteiger partial charge is 0.350 e. The first-order valence-electron chi connectivity index (χ1n) is 15.5. The highest BCUT2D eigenvalue weighted by atomic mass is 32.2. The number of hydrogen-bond acceptors (Lipinski definition) is 11. The number of phenols is 1. The summed E-state index contributed by atoms with van der Waals surface area (Å²) in [7, 11) is 0. The lowest BCUT2D eigenvalue weighted by atomic mass is 9.90. The molecule has 252 valence electrons. The molecule has 2 saturated heterocycles. The maximum Gasteiger partial charge on any atom is 0.350 e. The molecule has 3 aliphatic heterocycles. The number of carbonyl (C=O) groups excluding carboxylic acids is 4. The number of amides is 3. The van der Waals surface area contributed by atoms with Gasteiger partial charge in [0.2, 0.25) is 0 Å². The Morgan fingerprint density at radius 1 is 0.920 bits per heavy atom. The number of carboxylic acids is 1. The molecular weight excluding hydrogens is 666 g/mol. The van der Waals surface area contributed by atoms with Gasteiger partial charge >= 0.3 is 11.9 Å². The minimum absolute atomic E-state index is 0.0176. The zero-order chi connectivity index (χ0) is 35.1. The number of imide groups is 1. The minimum Gasteiger partial charge on any atom is -0.508 e. The Morgan fingerprint density at radius 2 is 1.66 bits per heavy atom. The highest BCUT2D eigenvalue weighted by Gasteiger charge is 2.38. The van der Waals surface area contributed by atoms with E-state index in [0.717, 1.165) is 11.1 Å². The highest BCUT2D eigenvalue weighted by molar-refractivity contribution is 7.99. The largest absolute Gasteiger partial charge is 0.508 e. The van der Waals surface area contributed by atoms with Crippen molar-refractivity contribution in [3.8, 4) is 28.2 Å². The van der Waals surface area contributed by atoms with Gasteiger partial charge in [0, 0.05) is 59.3 Å². The van der Waals surface area contributed by atoms with Gasteiger partial charge in [-0.2, -0.15) is 0 Å². The van der Waals surface area contributed by atoms with Crippen molar-refractivity contribution in [3.63, 3.8) is 0 Å². The number of carboxylic acid groups (broad SMARTS) is 1. The molecule has 0 spiro atoms. The second kappa shape index (κ2) is 13.1. The molecule has 3 aromatic rings. The van der Waals surface area contributed by atoms with E-state index in [1.165, 1.54) is 54.2 Å². The number of benzene rings is 4. The maximum absolute atomic E-state index is 13.2. The van der Waals surface area contributed by atoms with E-state index in [9.17, 15) is 39.0 Å². The number of rotatable bonds is 8. The Hall–Kier alpha value is -5.99. The van der Waals surface area contributed by atoms with Crippen molar-refractivity contribution in [1.82, 2.24) is 15.7 Å². The Labute approximate surface area is 287 Å². The summed E-state index contributed by atoms with van der Waals surface area (Å²) in [6, 6.07) is 19.6. The zero-order valence-electron chi connectivity index (χ0n) is 26.0. The molecule has 4 N–H and O–H groups in total. The third kappa shape index (κ3) is 6.29. The molecule has 3 amide bonds. The van der Waals surface area contributed by atoms with Gasteiger partial charge in [0.05, 0.1) is 10.9 Å². The molecule has 0 radical (unpaired) electrons. The van der Waals surface area contributed by atoms with Crippen LogP contribution in [0.4, 0.5) is 0 Å². The van der Waals surface area contributed by atoms with Crippen LogP contribution in [0.2, 0.25) is 0 Å². The van der Waals surface area contributed by atoms with Gasteiger partial charge in [0.1, 0.15) is 23.1 Å². The van der Waals surface area contributed by atoms with Crippen molar-refractivity contribution >= 4 is 52.4 Å². The zero-order valence-corrected chi connectivity index (χ0v) is 26.8. The molecule has 7 rings (SSSR count). The van der Waals surface area contributed by atoms with Crippen LogP contribution in [0, 0.1) is 0 Å². The summed E-state index contributed by atoms with van der Waals surface area (Å²) in [5.74, 6) is -3.02. The van der Waals surface area contributed by atoms with Crippen molar-refractivity contribution in [2.45, 2.75) is 30.8 Å². The van der Waals surface area contributed by atoms with E-state index in [1.807, 2.05) is 24.3 Å². The van der Waals surface area contributed by atoms with Crippen LogP contribution < -0.4 is 16.1 Å². The van der Waals surface area contributed by atoms with E-state index in [0.29, 0.717) is 32.9 Å². The van der Waals surface area contributed by atoms with Gasteiger partial charge in [0.15, 0.2) is 5.43 Å². The molecule has 2 atom stereocenters. The predicted molar refractivity (Wildman–Crippen MR) is 180 cm³/mol. The fourth-order valence-electron chi connectivity index (χ4n) is 5.94. The third-order valence-corrected chi connectivity index (χ3v) is 9.71. The Morgan fingerprint density at radius 3 is 2.40 bits per heavy atom. The first kappa shape index (κ1) is 32.6. The summed E-state index contributed by atoms with van der Waals surface area (Å²) >= 11 is 1.47. The normalized spacial score (nSPS) is 17.4. The average molecular weight is 694 g/mol. The van der Waals surface area contributed by atoms with Gasteiger partial charge in [-0.25, -0.2) is 9.59 Å². The molecule has 4 aliphatic rings. The molecular formula is C36H27N3O10S. The summed E-state index contributed by atoms with van der Waals surface area (Å²) in [6.45, 7) is 0.151. The Bertz CT molecular complexity index is 2230.